The van der Waals surface area contributed by atoms with Gasteiger partial charge in [0.2, 0.25) is 5.91 Å². The van der Waals surface area contributed by atoms with Gasteiger partial charge in [-0.2, -0.15) is 0 Å². The van der Waals surface area contributed by atoms with E-state index in [-0.39, 0.29) is 5.91 Å². The van der Waals surface area contributed by atoms with Crippen molar-refractivity contribution in [3.63, 3.8) is 0 Å². The highest BCUT2D eigenvalue weighted by Gasteiger charge is 2.35. The number of hydrogen-bond acceptors (Lipinski definition) is 3. The maximum Gasteiger partial charge on any atom is 0.320 e. The Morgan fingerprint density at radius 1 is 1.57 bits per heavy atom. The molecule has 6 heteroatoms. The molecule has 0 spiro atoms. The Morgan fingerprint density at radius 2 is 2.33 bits per heavy atom. The zero-order valence-electron chi connectivity index (χ0n) is 11.9. The van der Waals surface area contributed by atoms with E-state index >= 15 is 0 Å². The average molecular weight is 355 g/mol. The van der Waals surface area contributed by atoms with E-state index in [1.807, 2.05) is 31.2 Å². The van der Waals surface area contributed by atoms with Gasteiger partial charge in [-0.1, -0.05) is 35.3 Å². The highest BCUT2D eigenvalue weighted by atomic mass is 79.9. The lowest BCUT2D eigenvalue weighted by molar-refractivity contribution is -0.140. The van der Waals surface area contributed by atoms with Crippen molar-refractivity contribution in [2.24, 2.45) is 0 Å². The van der Waals surface area contributed by atoms with Gasteiger partial charge in [-0.15, -0.1) is 0 Å². The molecule has 0 radical (unpaired) electrons. The molecule has 0 aromatic heterocycles. The number of carbonyl (C=O) groups excluding carboxylic acids is 1. The van der Waals surface area contributed by atoms with Crippen LogP contribution >= 0.6 is 15.9 Å². The van der Waals surface area contributed by atoms with Crippen LogP contribution in [-0.4, -0.2) is 35.6 Å². The largest absolute Gasteiger partial charge is 0.480 e. The maximum atomic E-state index is 12.4. The van der Waals surface area contributed by atoms with E-state index in [2.05, 4.69) is 21.2 Å². The predicted octanol–water partition coefficient (Wildman–Crippen LogP) is 2.40. The summed E-state index contributed by atoms with van der Waals surface area (Å²) in [7, 11) is 0. The van der Waals surface area contributed by atoms with Crippen molar-refractivity contribution >= 4 is 33.5 Å². The second-order valence-corrected chi connectivity index (χ2v) is 6.07. The van der Waals surface area contributed by atoms with Crippen LogP contribution in [0.2, 0.25) is 0 Å². The Labute approximate surface area is 132 Å². The molecule has 2 unspecified atom stereocenters. The van der Waals surface area contributed by atoms with E-state index in [4.69, 9.17) is 0 Å². The fourth-order valence-corrected chi connectivity index (χ4v) is 2.93. The van der Waals surface area contributed by atoms with Crippen molar-refractivity contribution in [3.8, 4) is 0 Å². The molecule has 0 saturated carbocycles. The van der Waals surface area contributed by atoms with E-state index in [0.29, 0.717) is 19.4 Å². The first-order valence-electron chi connectivity index (χ1n) is 7.08. The molecular formula is C15H19BrN2O3. The SMILES string of the molecule is CCCC(NC1CCN(c2cccc(Br)c2)C1=O)C(=O)O. The van der Waals surface area contributed by atoms with Crippen molar-refractivity contribution in [2.75, 3.05) is 11.4 Å². The van der Waals surface area contributed by atoms with E-state index in [1.165, 1.54) is 0 Å². The molecule has 2 N–H and O–H groups in total. The molecular weight excluding hydrogens is 336 g/mol. The number of anilines is 1. The summed E-state index contributed by atoms with van der Waals surface area (Å²) in [5.74, 6) is -0.957. The van der Waals surface area contributed by atoms with E-state index in [9.17, 15) is 14.7 Å². The van der Waals surface area contributed by atoms with Gasteiger partial charge in [0.15, 0.2) is 0 Å². The van der Waals surface area contributed by atoms with Gasteiger partial charge < -0.3 is 10.0 Å². The minimum absolute atomic E-state index is 0.0598. The van der Waals surface area contributed by atoms with Crippen LogP contribution in [0.3, 0.4) is 0 Å². The van der Waals surface area contributed by atoms with Crippen molar-refractivity contribution in [2.45, 2.75) is 38.3 Å². The maximum absolute atomic E-state index is 12.4. The summed E-state index contributed by atoms with van der Waals surface area (Å²) in [5.41, 5.74) is 0.834. The fourth-order valence-electron chi connectivity index (χ4n) is 2.54. The van der Waals surface area contributed by atoms with Gasteiger partial charge in [-0.3, -0.25) is 14.9 Å². The number of halogens is 1. The zero-order chi connectivity index (χ0) is 15.4. The number of carboxylic acid groups (broad SMARTS) is 1. The Hall–Kier alpha value is -1.40. The van der Waals surface area contributed by atoms with Gasteiger partial charge in [0.05, 0.1) is 6.04 Å². The van der Waals surface area contributed by atoms with E-state index in [1.54, 1.807) is 4.90 Å². The molecule has 0 aliphatic carbocycles. The second-order valence-electron chi connectivity index (χ2n) is 5.16. The van der Waals surface area contributed by atoms with E-state index in [0.717, 1.165) is 16.6 Å². The van der Waals surface area contributed by atoms with Crippen molar-refractivity contribution in [1.82, 2.24) is 5.32 Å². The highest BCUT2D eigenvalue weighted by Crippen LogP contribution is 2.25. The number of benzene rings is 1. The third-order valence-corrected chi connectivity index (χ3v) is 4.10. The smallest absolute Gasteiger partial charge is 0.320 e. The van der Waals surface area contributed by atoms with Crippen LogP contribution in [0.1, 0.15) is 26.2 Å². The number of rotatable bonds is 6. The summed E-state index contributed by atoms with van der Waals surface area (Å²) < 4.78 is 0.915. The minimum atomic E-state index is -0.898. The third-order valence-electron chi connectivity index (χ3n) is 3.60. The molecule has 1 aliphatic heterocycles. The number of carbonyl (C=O) groups is 2. The lowest BCUT2D eigenvalue weighted by atomic mass is 10.1. The molecule has 1 aromatic carbocycles. The van der Waals surface area contributed by atoms with Gasteiger partial charge in [0.1, 0.15) is 6.04 Å². The van der Waals surface area contributed by atoms with Gasteiger partial charge in [0.25, 0.3) is 0 Å². The summed E-state index contributed by atoms with van der Waals surface area (Å²) >= 11 is 3.39. The molecule has 1 amide bonds. The van der Waals surface area contributed by atoms with E-state index < -0.39 is 18.1 Å². The molecule has 5 nitrogen and oxygen atoms in total. The zero-order valence-corrected chi connectivity index (χ0v) is 13.5. The number of aliphatic carboxylic acids is 1. The van der Waals surface area contributed by atoms with Crippen molar-refractivity contribution in [3.05, 3.63) is 28.7 Å². The molecule has 1 fully saturated rings. The van der Waals surface area contributed by atoms with Crippen molar-refractivity contribution in [1.29, 1.82) is 0 Å². The predicted molar refractivity (Wildman–Crippen MR) is 84.4 cm³/mol. The number of nitrogens with zero attached hydrogens (tertiary/aromatic N) is 1. The van der Waals surface area contributed by atoms with Gasteiger partial charge in [-0.25, -0.2) is 0 Å². The normalized spacial score (nSPS) is 19.8. The minimum Gasteiger partial charge on any atom is -0.480 e. The van der Waals surface area contributed by atoms with Crippen LogP contribution in [0.25, 0.3) is 0 Å². The quantitative estimate of drug-likeness (QED) is 0.822. The number of amides is 1. The molecule has 2 rings (SSSR count). The number of nitrogens with one attached hydrogen (secondary N) is 1. The number of hydrogen-bond donors (Lipinski definition) is 2. The molecule has 0 bridgehead atoms. The second kappa shape index (κ2) is 7.04. The third kappa shape index (κ3) is 3.83. The van der Waals surface area contributed by atoms with Crippen molar-refractivity contribution < 1.29 is 14.7 Å². The summed E-state index contributed by atoms with van der Waals surface area (Å²) in [5, 5.41) is 12.2. The van der Waals surface area contributed by atoms with Crippen LogP contribution in [0.15, 0.2) is 28.7 Å². The molecule has 1 aliphatic rings. The Balaban J connectivity index is 2.06. The topological polar surface area (TPSA) is 69.6 Å². The molecule has 1 aromatic rings. The molecule has 1 saturated heterocycles. The van der Waals surface area contributed by atoms with Crippen LogP contribution < -0.4 is 10.2 Å². The Bertz CT molecular complexity index is 535. The molecule has 114 valence electrons. The fraction of sp³-hybridized carbons (Fsp3) is 0.467. The lowest BCUT2D eigenvalue weighted by Gasteiger charge is -2.20. The van der Waals surface area contributed by atoms with Crippen LogP contribution in [0.5, 0.6) is 0 Å². The Morgan fingerprint density at radius 3 is 2.95 bits per heavy atom. The first-order valence-corrected chi connectivity index (χ1v) is 7.88. The van der Waals surface area contributed by atoms with Gasteiger partial charge >= 0.3 is 5.97 Å². The first-order chi connectivity index (χ1) is 10.0. The van der Waals surface area contributed by atoms with Crippen LogP contribution in [0.4, 0.5) is 5.69 Å². The lowest BCUT2D eigenvalue weighted by Crippen LogP contribution is -2.47. The summed E-state index contributed by atoms with van der Waals surface area (Å²) in [6.45, 7) is 2.54. The standard InChI is InChI=1S/C15H19BrN2O3/c1-2-4-13(15(20)21)17-12-7-8-18(14(12)19)11-6-3-5-10(16)9-11/h3,5-6,9,12-13,17H,2,4,7-8H2,1H3,(H,20,21). The summed E-state index contributed by atoms with van der Waals surface area (Å²) in [6, 6.07) is 6.47. The van der Waals surface area contributed by atoms with Gasteiger partial charge in [0, 0.05) is 16.7 Å². The molecule has 21 heavy (non-hydrogen) atoms. The molecule has 1 heterocycles. The average Bonchev–Trinajstić information content (AvgIpc) is 2.79. The van der Waals surface area contributed by atoms with Crippen LogP contribution in [-0.2, 0) is 9.59 Å². The van der Waals surface area contributed by atoms with Crippen LogP contribution in [0, 0.1) is 0 Å². The molecule has 2 atom stereocenters. The van der Waals surface area contributed by atoms with Gasteiger partial charge in [-0.05, 0) is 31.0 Å². The number of carboxylic acids is 1. The Kier molecular flexibility index (Phi) is 5.36. The summed E-state index contributed by atoms with van der Waals surface area (Å²) in [6.07, 6.45) is 1.91. The monoisotopic (exact) mass is 354 g/mol. The summed E-state index contributed by atoms with van der Waals surface area (Å²) in [4.78, 5) is 25.3. The first kappa shape index (κ1) is 16.0. The highest BCUT2D eigenvalue weighted by molar-refractivity contribution is 9.10.